The summed E-state index contributed by atoms with van der Waals surface area (Å²) in [6.45, 7) is 8.29. The molecule has 0 aliphatic carbocycles. The van der Waals surface area contributed by atoms with Crippen molar-refractivity contribution in [3.8, 4) is 5.75 Å². The minimum absolute atomic E-state index is 0.318. The van der Waals surface area contributed by atoms with E-state index in [1.807, 2.05) is 13.0 Å². The molecular formula is C15H25N3O. The minimum atomic E-state index is 0.318. The van der Waals surface area contributed by atoms with Crippen molar-refractivity contribution in [2.75, 3.05) is 26.7 Å². The van der Waals surface area contributed by atoms with Crippen molar-refractivity contribution in [3.63, 3.8) is 0 Å². The van der Waals surface area contributed by atoms with Crippen molar-refractivity contribution in [3.05, 3.63) is 23.5 Å². The zero-order valence-corrected chi connectivity index (χ0v) is 12.3. The van der Waals surface area contributed by atoms with E-state index in [-0.39, 0.29) is 0 Å². The molecule has 2 rings (SSSR count). The van der Waals surface area contributed by atoms with Gasteiger partial charge in [0.2, 0.25) is 0 Å². The van der Waals surface area contributed by atoms with Crippen LogP contribution in [0.25, 0.3) is 0 Å². The Hall–Kier alpha value is -1.13. The maximum atomic E-state index is 9.95. The van der Waals surface area contributed by atoms with E-state index in [4.69, 9.17) is 0 Å². The van der Waals surface area contributed by atoms with Gasteiger partial charge in [-0.1, -0.05) is 6.92 Å². The lowest BCUT2D eigenvalue weighted by Gasteiger charge is -2.30. The van der Waals surface area contributed by atoms with Gasteiger partial charge < -0.3 is 10.0 Å². The summed E-state index contributed by atoms with van der Waals surface area (Å²) in [5.41, 5.74) is 1.77. The van der Waals surface area contributed by atoms with Crippen molar-refractivity contribution in [1.29, 1.82) is 0 Å². The number of rotatable bonds is 3. The summed E-state index contributed by atoms with van der Waals surface area (Å²) < 4.78 is 0. The van der Waals surface area contributed by atoms with Crippen LogP contribution < -0.4 is 0 Å². The quantitative estimate of drug-likeness (QED) is 0.905. The lowest BCUT2D eigenvalue weighted by molar-refractivity contribution is 0.172. The summed E-state index contributed by atoms with van der Waals surface area (Å²) in [7, 11) is 2.19. The first-order chi connectivity index (χ1) is 9.10. The molecule has 4 nitrogen and oxygen atoms in total. The van der Waals surface area contributed by atoms with E-state index in [1.165, 1.54) is 6.42 Å². The monoisotopic (exact) mass is 263 g/mol. The topological polar surface area (TPSA) is 39.6 Å². The van der Waals surface area contributed by atoms with Gasteiger partial charge in [-0.05, 0) is 45.5 Å². The second-order valence-electron chi connectivity index (χ2n) is 5.57. The van der Waals surface area contributed by atoms with Gasteiger partial charge in [0.1, 0.15) is 5.75 Å². The Morgan fingerprint density at radius 3 is 2.89 bits per heavy atom. The summed E-state index contributed by atoms with van der Waals surface area (Å²) in [5, 5.41) is 9.95. The first-order valence-corrected chi connectivity index (χ1v) is 7.18. The van der Waals surface area contributed by atoms with Gasteiger partial charge in [0.15, 0.2) is 0 Å². The molecule has 1 saturated heterocycles. The van der Waals surface area contributed by atoms with Gasteiger partial charge in [-0.2, -0.15) is 0 Å². The molecule has 0 radical (unpaired) electrons. The molecule has 0 amide bonds. The number of hydrogen-bond donors (Lipinski definition) is 1. The van der Waals surface area contributed by atoms with Gasteiger partial charge in [0, 0.05) is 31.4 Å². The molecule has 1 unspecified atom stereocenters. The molecule has 0 aromatic carbocycles. The number of nitrogens with zero attached hydrogens (tertiary/aromatic N) is 3. The molecule has 1 aromatic rings. The minimum Gasteiger partial charge on any atom is -0.506 e. The highest BCUT2D eigenvalue weighted by Crippen LogP contribution is 2.20. The Bertz CT molecular complexity index is 422. The molecule has 2 heterocycles. The van der Waals surface area contributed by atoms with Crippen LogP contribution in [-0.4, -0.2) is 52.6 Å². The fourth-order valence-corrected chi connectivity index (χ4v) is 2.80. The van der Waals surface area contributed by atoms with Crippen molar-refractivity contribution in [1.82, 2.24) is 14.8 Å². The lowest BCUT2D eigenvalue weighted by Crippen LogP contribution is -2.39. The van der Waals surface area contributed by atoms with Gasteiger partial charge >= 0.3 is 0 Å². The van der Waals surface area contributed by atoms with E-state index in [0.717, 1.165) is 44.0 Å². The first kappa shape index (κ1) is 14.3. The summed E-state index contributed by atoms with van der Waals surface area (Å²) >= 11 is 0. The number of pyridine rings is 1. The van der Waals surface area contributed by atoms with Crippen LogP contribution >= 0.6 is 0 Å². The van der Waals surface area contributed by atoms with E-state index in [0.29, 0.717) is 11.8 Å². The third kappa shape index (κ3) is 3.67. The van der Waals surface area contributed by atoms with Crippen molar-refractivity contribution < 1.29 is 5.11 Å². The summed E-state index contributed by atoms with van der Waals surface area (Å²) in [6.07, 6.45) is 2.32. The highest BCUT2D eigenvalue weighted by molar-refractivity contribution is 5.27. The maximum absolute atomic E-state index is 9.95. The van der Waals surface area contributed by atoms with E-state index < -0.39 is 0 Å². The average Bonchev–Trinajstić information content (AvgIpc) is 2.55. The van der Waals surface area contributed by atoms with Gasteiger partial charge in [-0.15, -0.1) is 0 Å². The summed E-state index contributed by atoms with van der Waals surface area (Å²) in [5.74, 6) is 0.318. The standard InChI is InChI=1S/C15H25N3O/c1-4-13-10-17(3)8-5-9-18(13)11-14-15(19)7-6-12(2)16-14/h6-7,13,19H,4-5,8-11H2,1-3H3. The van der Waals surface area contributed by atoms with Crippen LogP contribution in [0.3, 0.4) is 0 Å². The third-order valence-corrected chi connectivity index (χ3v) is 3.94. The molecule has 1 aliphatic heterocycles. The predicted molar refractivity (Wildman–Crippen MR) is 77.2 cm³/mol. The molecular weight excluding hydrogens is 238 g/mol. The molecule has 4 heteroatoms. The molecule has 1 fully saturated rings. The van der Waals surface area contributed by atoms with Gasteiger partial charge in [0.05, 0.1) is 5.69 Å². The van der Waals surface area contributed by atoms with E-state index in [2.05, 4.69) is 28.8 Å². The zero-order chi connectivity index (χ0) is 13.8. The number of aromatic hydroxyl groups is 1. The molecule has 1 N–H and O–H groups in total. The predicted octanol–water partition coefficient (Wildman–Crippen LogP) is 2.01. The first-order valence-electron chi connectivity index (χ1n) is 7.18. The molecule has 0 spiro atoms. The Kier molecular flexibility index (Phi) is 4.77. The molecule has 1 atom stereocenters. The van der Waals surface area contributed by atoms with Crippen LogP contribution in [0.1, 0.15) is 31.2 Å². The molecule has 0 bridgehead atoms. The van der Waals surface area contributed by atoms with Crippen molar-refractivity contribution in [2.24, 2.45) is 0 Å². The van der Waals surface area contributed by atoms with Gasteiger partial charge in [-0.25, -0.2) is 0 Å². The SMILES string of the molecule is CCC1CN(C)CCCN1Cc1nc(C)ccc1O. The Balaban J connectivity index is 2.13. The second kappa shape index (κ2) is 6.35. The van der Waals surface area contributed by atoms with E-state index in [9.17, 15) is 5.11 Å². The highest BCUT2D eigenvalue weighted by atomic mass is 16.3. The maximum Gasteiger partial charge on any atom is 0.138 e. The number of likely N-dealkylation sites (N-methyl/N-ethyl adjacent to an activating group) is 1. The van der Waals surface area contributed by atoms with E-state index in [1.54, 1.807) is 6.07 Å². The fraction of sp³-hybridized carbons (Fsp3) is 0.667. The molecule has 19 heavy (non-hydrogen) atoms. The normalized spacial score (nSPS) is 22.4. The van der Waals surface area contributed by atoms with Crippen molar-refractivity contribution in [2.45, 2.75) is 39.3 Å². The van der Waals surface area contributed by atoms with Crippen LogP contribution in [0.5, 0.6) is 5.75 Å². The van der Waals surface area contributed by atoms with Crippen molar-refractivity contribution >= 4 is 0 Å². The third-order valence-electron chi connectivity index (χ3n) is 3.94. The van der Waals surface area contributed by atoms with E-state index >= 15 is 0 Å². The molecule has 106 valence electrons. The molecule has 1 aromatic heterocycles. The summed E-state index contributed by atoms with van der Waals surface area (Å²) in [6, 6.07) is 4.16. The van der Waals surface area contributed by atoms with Crippen LogP contribution in [0.2, 0.25) is 0 Å². The lowest BCUT2D eigenvalue weighted by atomic mass is 10.1. The molecule has 1 aliphatic rings. The Morgan fingerprint density at radius 2 is 2.16 bits per heavy atom. The molecule has 0 saturated carbocycles. The fourth-order valence-electron chi connectivity index (χ4n) is 2.80. The summed E-state index contributed by atoms with van der Waals surface area (Å²) in [4.78, 5) is 9.34. The Morgan fingerprint density at radius 1 is 1.37 bits per heavy atom. The smallest absolute Gasteiger partial charge is 0.138 e. The van der Waals surface area contributed by atoms with Crippen LogP contribution in [-0.2, 0) is 6.54 Å². The number of aromatic nitrogens is 1. The second-order valence-corrected chi connectivity index (χ2v) is 5.57. The number of aryl methyl sites for hydroxylation is 1. The van der Waals surface area contributed by atoms with Gasteiger partial charge in [0.25, 0.3) is 0 Å². The number of hydrogen-bond acceptors (Lipinski definition) is 4. The zero-order valence-electron chi connectivity index (χ0n) is 12.3. The van der Waals surface area contributed by atoms with Crippen LogP contribution in [0.4, 0.5) is 0 Å². The Labute approximate surface area is 116 Å². The average molecular weight is 263 g/mol. The van der Waals surface area contributed by atoms with Gasteiger partial charge in [-0.3, -0.25) is 9.88 Å². The largest absolute Gasteiger partial charge is 0.506 e. The highest BCUT2D eigenvalue weighted by Gasteiger charge is 2.23. The van der Waals surface area contributed by atoms with Crippen LogP contribution in [0, 0.1) is 6.92 Å². The van der Waals surface area contributed by atoms with Crippen LogP contribution in [0.15, 0.2) is 12.1 Å².